The lowest BCUT2D eigenvalue weighted by Crippen LogP contribution is -2.07. The van der Waals surface area contributed by atoms with Crippen molar-refractivity contribution in [3.63, 3.8) is 0 Å². The fourth-order valence-electron chi connectivity index (χ4n) is 10.0. The Morgan fingerprint density at radius 2 is 0.337 bits per heavy atom. The lowest BCUT2D eigenvalue weighted by molar-refractivity contribution is 0.897. The van der Waals surface area contributed by atoms with E-state index >= 15 is 0 Å². The Hall–Kier alpha value is 2.66. The molecule has 0 fully saturated rings. The second-order valence-electron chi connectivity index (χ2n) is 23.3. The molecule has 8 aliphatic heterocycles. The SMILES string of the molecule is CCCCSC1=C(SCCCC)SC(=C2Sc3cn(-c4cc(-n5cc6c(c5)SC(=C5SC(SCCCC)=C(SCCCC)S5)S6)c(-n5cc6c(c5)SC(=C5SC(SCCCC)=C(SCCCC)S5)S6)cc4-n4cc5c(c4)SC(=C4SC(SCCCC)=C(SCCCC)S4)S5)cc3S2)S1. The average Bonchev–Trinajstić information content (AvgIpc) is 1.51. The Bertz CT molecular complexity index is 3280. The van der Waals surface area contributed by atoms with E-state index in [0.29, 0.717) is 0 Å². The lowest BCUT2D eigenvalue weighted by Gasteiger charge is -2.20. The number of fused-ring (bicyclic) bond motifs is 4. The summed E-state index contributed by atoms with van der Waals surface area (Å²) in [5.74, 6) is 9.55. The minimum absolute atomic E-state index is 1.18. The van der Waals surface area contributed by atoms with Crippen LogP contribution in [0.25, 0.3) is 22.7 Å². The first-order chi connectivity index (χ1) is 48.2. The van der Waals surface area contributed by atoms with Crippen LogP contribution in [0.2, 0.25) is 0 Å². The first-order valence-corrected chi connectivity index (χ1v) is 55.0. The zero-order valence-corrected chi connectivity index (χ0v) is 75.9. The summed E-state index contributed by atoms with van der Waals surface area (Å²) < 4.78 is 33.7. The molecule has 0 bridgehead atoms. The highest BCUT2D eigenvalue weighted by molar-refractivity contribution is 8.45. The number of nitrogens with zero attached hydrogens (tertiary/aromatic N) is 4. The molecule has 0 saturated carbocycles. The number of aromatic nitrogens is 4. The Labute approximate surface area is 686 Å². The minimum Gasteiger partial charge on any atom is -0.320 e. The first kappa shape index (κ1) is 78.8. The van der Waals surface area contributed by atoms with Crippen molar-refractivity contribution < 1.29 is 0 Å². The second kappa shape index (κ2) is 39.5. The van der Waals surface area contributed by atoms with Crippen molar-refractivity contribution in [3.8, 4) is 22.7 Å². The van der Waals surface area contributed by atoms with Crippen molar-refractivity contribution in [1.82, 2.24) is 18.3 Å². The monoisotopic (exact) mass is 1750 g/mol. The summed E-state index contributed by atoms with van der Waals surface area (Å²) in [6, 6.07) is 5.04. The molecule has 0 radical (unpaired) electrons. The van der Waals surface area contributed by atoms with E-state index in [2.05, 4.69) is 229 Å². The fraction of sp³-hybridized carbons (Fsp3) is 0.457. The predicted molar refractivity (Wildman–Crippen MR) is 486 cm³/mol. The van der Waals surface area contributed by atoms with Gasteiger partial charge in [-0.2, -0.15) is 0 Å². The van der Waals surface area contributed by atoms with Crippen molar-refractivity contribution in [2.45, 2.75) is 197 Å². The van der Waals surface area contributed by atoms with Gasteiger partial charge in [0.2, 0.25) is 0 Å². The van der Waals surface area contributed by atoms with Gasteiger partial charge in [-0.1, -0.05) is 295 Å². The van der Waals surface area contributed by atoms with Gasteiger partial charge in [0.05, 0.1) is 90.5 Å². The minimum atomic E-state index is 1.18. The van der Waals surface area contributed by atoms with Gasteiger partial charge >= 0.3 is 0 Å². The molecule has 0 unspecified atom stereocenters. The largest absolute Gasteiger partial charge is 0.320 e. The van der Waals surface area contributed by atoms with E-state index in [4.69, 9.17) is 0 Å². The van der Waals surface area contributed by atoms with Gasteiger partial charge in [-0.05, 0) is 110 Å². The molecular formula is C70H82N4S24. The van der Waals surface area contributed by atoms with Gasteiger partial charge in [0, 0.05) is 88.7 Å². The van der Waals surface area contributed by atoms with Gasteiger partial charge in [-0.25, -0.2) is 0 Å². The maximum atomic E-state index is 2.52. The first-order valence-electron chi connectivity index (χ1n) is 34.1. The van der Waals surface area contributed by atoms with E-state index in [1.54, 1.807) is 0 Å². The summed E-state index contributed by atoms with van der Waals surface area (Å²) in [7, 11) is 0. The van der Waals surface area contributed by atoms with Gasteiger partial charge in [-0.3, -0.25) is 0 Å². The summed E-state index contributed by atoms with van der Waals surface area (Å²) in [5, 5.41) is 0. The number of hydrogen-bond acceptors (Lipinski definition) is 24. The zero-order chi connectivity index (χ0) is 67.5. The molecule has 4 nitrogen and oxygen atoms in total. The van der Waals surface area contributed by atoms with Crippen molar-refractivity contribution in [2.24, 2.45) is 0 Å². The Morgan fingerprint density at radius 3 is 0.469 bits per heavy atom. The quantitative estimate of drug-likeness (QED) is 0.0355. The maximum Gasteiger partial charge on any atom is 0.0717 e. The van der Waals surface area contributed by atoms with Gasteiger partial charge in [-0.15, -0.1) is 94.1 Å². The summed E-state index contributed by atoms with van der Waals surface area (Å²) in [5.41, 5.74) is 4.73. The van der Waals surface area contributed by atoms with Crippen LogP contribution < -0.4 is 0 Å². The molecule has 1 aromatic carbocycles. The highest BCUT2D eigenvalue weighted by Crippen LogP contribution is 2.69. The van der Waals surface area contributed by atoms with Crippen LogP contribution in [0.3, 0.4) is 0 Å². The molecule has 8 aliphatic rings. The Kier molecular flexibility index (Phi) is 31.8. The number of benzene rings is 1. The summed E-state index contributed by atoms with van der Waals surface area (Å²) in [4.78, 5) is 10.8. The van der Waals surface area contributed by atoms with E-state index in [1.165, 1.54) is 278 Å². The van der Waals surface area contributed by atoms with Crippen LogP contribution in [0.4, 0.5) is 0 Å². The molecule has 0 spiro atoms. The van der Waals surface area contributed by atoms with Crippen LogP contribution in [0.15, 0.2) is 169 Å². The molecule has 28 heteroatoms. The smallest absolute Gasteiger partial charge is 0.0717 e. The molecule has 0 aliphatic carbocycles. The third kappa shape index (κ3) is 19.7. The van der Waals surface area contributed by atoms with E-state index in [0.717, 1.165) is 0 Å². The third-order valence-electron chi connectivity index (χ3n) is 15.5. The summed E-state index contributed by atoms with van der Waals surface area (Å²) in [6.45, 7) is 18.5. The summed E-state index contributed by atoms with van der Waals surface area (Å²) >= 11 is 48.9. The van der Waals surface area contributed by atoms with Crippen LogP contribution in [0.1, 0.15) is 158 Å². The second-order valence-corrected chi connectivity index (χ2v) is 52.8. The van der Waals surface area contributed by atoms with Crippen LogP contribution in [-0.4, -0.2) is 64.3 Å². The molecule has 13 rings (SSSR count). The predicted octanol–water partition coefficient (Wildman–Crippen LogP) is 32.8. The molecule has 0 atom stereocenters. The zero-order valence-electron chi connectivity index (χ0n) is 56.3. The normalized spacial score (nSPS) is 17.7. The van der Waals surface area contributed by atoms with E-state index in [1.807, 2.05) is 188 Å². The van der Waals surface area contributed by atoms with E-state index in [9.17, 15) is 0 Å². The van der Waals surface area contributed by atoms with Gasteiger partial charge in [0.15, 0.2) is 0 Å². The number of unbranched alkanes of at least 4 members (excludes halogenated alkanes) is 8. The third-order valence-corrected chi connectivity index (χ3v) is 50.4. The topological polar surface area (TPSA) is 19.7 Å². The van der Waals surface area contributed by atoms with E-state index in [-0.39, 0.29) is 0 Å². The van der Waals surface area contributed by atoms with Crippen LogP contribution in [0.5, 0.6) is 0 Å². The number of hydrogen-bond donors (Lipinski definition) is 0. The van der Waals surface area contributed by atoms with Crippen molar-refractivity contribution in [3.05, 3.63) is 130 Å². The Morgan fingerprint density at radius 1 is 0.204 bits per heavy atom. The van der Waals surface area contributed by atoms with Crippen LogP contribution >= 0.6 is 282 Å². The molecule has 526 valence electrons. The average molecular weight is 1750 g/mol. The fourth-order valence-corrected chi connectivity index (χ4v) is 45.9. The summed E-state index contributed by atoms with van der Waals surface area (Å²) in [6.07, 6.45) is 39.6. The maximum absolute atomic E-state index is 2.52. The van der Waals surface area contributed by atoms with Crippen molar-refractivity contribution in [2.75, 3.05) is 46.0 Å². The van der Waals surface area contributed by atoms with Crippen molar-refractivity contribution >= 4 is 282 Å². The molecule has 5 aromatic rings. The standard InChI is InChI=1S/C70H82N4S24/c1-9-17-25-75-55-56(76-26-18-10-2)92-67(91-55)63-83-47-35-71(36-48(47)84-63)43-33-45(73-39-51-52(40-73)88-65(87-51)69-95-59(79-29-21-13-5)60(96-69)80-30-22-14-6)46(74-41-53-54(42-74)90-66(89-53)70-97-61(81-31-23-15-7)62(98-70)82-32-24-16-8)34-44(43)72-37-49-50(38-72)86-64(85-49)68-93-57(77-27-19-11-3)58(94-68)78-28-20-12-4/h33-42H,9-32H2,1-8H3. The molecule has 0 saturated heterocycles. The molecule has 4 aromatic heterocycles. The lowest BCUT2D eigenvalue weighted by atomic mass is 10.1. The highest BCUT2D eigenvalue weighted by Gasteiger charge is 2.36. The van der Waals surface area contributed by atoms with Crippen LogP contribution in [0, 0.1) is 0 Å². The molecule has 98 heavy (non-hydrogen) atoms. The van der Waals surface area contributed by atoms with Gasteiger partial charge < -0.3 is 18.3 Å². The molecular weight excluding hydrogens is 1670 g/mol. The van der Waals surface area contributed by atoms with Crippen LogP contribution in [-0.2, 0) is 0 Å². The Balaban J connectivity index is 0.868. The number of thioether (sulfide) groups is 24. The molecule has 0 amide bonds. The highest BCUT2D eigenvalue weighted by atomic mass is 32.3. The van der Waals surface area contributed by atoms with Crippen molar-refractivity contribution in [1.29, 1.82) is 0 Å². The van der Waals surface area contributed by atoms with Gasteiger partial charge in [0.1, 0.15) is 0 Å². The number of rotatable bonds is 36. The van der Waals surface area contributed by atoms with Gasteiger partial charge in [0.25, 0.3) is 0 Å². The van der Waals surface area contributed by atoms with E-state index < -0.39 is 0 Å². The molecule has 0 N–H and O–H groups in total. The molecule has 12 heterocycles.